The smallest absolute Gasteiger partial charge is 0.317 e. The summed E-state index contributed by atoms with van der Waals surface area (Å²) >= 11 is 0. The Kier molecular flexibility index (Phi) is 15.0. The number of carbonyl (C=O) groups excluding carboxylic acids is 2. The fourth-order valence-corrected chi connectivity index (χ4v) is 4.64. The Morgan fingerprint density at radius 3 is 1.16 bits per heavy atom. The molecule has 43 heavy (non-hydrogen) atoms. The van der Waals surface area contributed by atoms with E-state index in [1.54, 1.807) is 0 Å². The van der Waals surface area contributed by atoms with Crippen molar-refractivity contribution in [2.24, 2.45) is 10.3 Å². The Labute approximate surface area is 261 Å². The topological polar surface area (TPSA) is 260 Å². The van der Waals surface area contributed by atoms with Crippen LogP contribution < -0.4 is 20.9 Å². The molecule has 2 amide bonds. The van der Waals surface area contributed by atoms with Crippen LogP contribution in [0.2, 0.25) is 0 Å². The van der Waals surface area contributed by atoms with Gasteiger partial charge in [-0.25, -0.2) is 27.1 Å². The molecular weight excluding hydrogens is 662 g/mol. The molecular formula is C24H32N6O10S2Zn. The number of carboxylic acids is 2. The normalized spacial score (nSPS) is 11.5. The monoisotopic (exact) mass is 692 g/mol. The van der Waals surface area contributed by atoms with Crippen LogP contribution in [0.5, 0.6) is 0 Å². The Morgan fingerprint density at radius 1 is 0.605 bits per heavy atom. The van der Waals surface area contributed by atoms with Crippen LogP contribution in [0.4, 0.5) is 0 Å². The number of nitrogens with zero attached hydrogens (tertiary/aromatic N) is 2. The molecule has 19 heteroatoms. The van der Waals surface area contributed by atoms with Gasteiger partial charge >= 0.3 is 11.9 Å². The molecule has 0 bridgehead atoms. The van der Waals surface area contributed by atoms with Gasteiger partial charge in [-0.1, -0.05) is 24.3 Å². The number of benzene rings is 2. The number of rotatable bonds is 17. The Morgan fingerprint density at radius 2 is 0.907 bits per heavy atom. The van der Waals surface area contributed by atoms with E-state index in [1.165, 1.54) is 58.3 Å². The van der Waals surface area contributed by atoms with Crippen molar-refractivity contribution in [2.75, 3.05) is 39.3 Å². The first-order valence-corrected chi connectivity index (χ1v) is 15.3. The van der Waals surface area contributed by atoms with Crippen molar-refractivity contribution in [3.05, 3.63) is 59.7 Å². The molecule has 0 aromatic heterocycles. The summed E-state index contributed by atoms with van der Waals surface area (Å²) < 4.78 is 45.4. The minimum atomic E-state index is -3.87. The molecule has 2 aromatic carbocycles. The zero-order valence-electron chi connectivity index (χ0n) is 23.0. The molecule has 0 saturated carbocycles. The number of nitrogens with two attached hydrogens (primary N) is 2. The van der Waals surface area contributed by atoms with E-state index in [-0.39, 0.29) is 68.5 Å². The van der Waals surface area contributed by atoms with Crippen molar-refractivity contribution >= 4 is 43.8 Å². The van der Waals surface area contributed by atoms with Crippen molar-refractivity contribution in [1.29, 1.82) is 0 Å². The van der Waals surface area contributed by atoms with Gasteiger partial charge in [0.1, 0.15) is 0 Å². The second-order valence-electron chi connectivity index (χ2n) is 9.14. The van der Waals surface area contributed by atoms with Crippen LogP contribution >= 0.6 is 0 Å². The third-order valence-corrected chi connectivity index (χ3v) is 7.53. The summed E-state index contributed by atoms with van der Waals surface area (Å²) in [4.78, 5) is 49.9. The van der Waals surface area contributed by atoms with Gasteiger partial charge in [0.15, 0.2) is 0 Å². The third kappa shape index (κ3) is 14.6. The predicted molar refractivity (Wildman–Crippen MR) is 147 cm³/mol. The van der Waals surface area contributed by atoms with Crippen LogP contribution in [0, 0.1) is 0 Å². The number of amides is 2. The molecule has 0 aliphatic heterocycles. The molecule has 2 aromatic rings. The number of hydrogen-bond acceptors (Lipinski definition) is 10. The zero-order chi connectivity index (χ0) is 31.5. The van der Waals surface area contributed by atoms with Gasteiger partial charge in [-0.2, -0.15) is 0 Å². The summed E-state index contributed by atoms with van der Waals surface area (Å²) in [6.45, 7) is -1.80. The van der Waals surface area contributed by atoms with E-state index >= 15 is 0 Å². The van der Waals surface area contributed by atoms with Crippen LogP contribution in [0.3, 0.4) is 0 Å². The quantitative estimate of drug-likeness (QED) is 0.0955. The van der Waals surface area contributed by atoms with E-state index in [4.69, 9.17) is 10.3 Å². The summed E-state index contributed by atoms with van der Waals surface area (Å²) in [6, 6.07) is 11.0. The number of aliphatic carboxylic acids is 2. The van der Waals surface area contributed by atoms with Gasteiger partial charge in [-0.3, -0.25) is 29.0 Å². The summed E-state index contributed by atoms with van der Waals surface area (Å²) in [6.07, 6.45) is 0. The van der Waals surface area contributed by atoms with Crippen LogP contribution in [0.25, 0.3) is 0 Å². The molecule has 16 nitrogen and oxygen atoms in total. The molecule has 232 valence electrons. The Bertz CT molecular complexity index is 1370. The summed E-state index contributed by atoms with van der Waals surface area (Å²) in [5.74, 6) is -3.53. The van der Waals surface area contributed by atoms with Gasteiger partial charge in [0.2, 0.25) is 31.9 Å². The molecule has 0 saturated heterocycles. The van der Waals surface area contributed by atoms with E-state index < -0.39 is 56.9 Å². The molecule has 0 aliphatic carbocycles. The minimum absolute atomic E-state index is 0. The first-order valence-electron chi connectivity index (χ1n) is 12.2. The van der Waals surface area contributed by atoms with Crippen LogP contribution in [0.1, 0.15) is 11.1 Å². The molecule has 2 rings (SSSR count). The van der Waals surface area contributed by atoms with Gasteiger partial charge in [0.25, 0.3) is 0 Å². The van der Waals surface area contributed by atoms with E-state index in [2.05, 4.69) is 10.6 Å². The average Bonchev–Trinajstić information content (AvgIpc) is 2.88. The third-order valence-electron chi connectivity index (χ3n) is 5.67. The van der Waals surface area contributed by atoms with Gasteiger partial charge in [-0.15, -0.1) is 0 Å². The van der Waals surface area contributed by atoms with Crippen LogP contribution in [-0.4, -0.2) is 99.9 Å². The van der Waals surface area contributed by atoms with Gasteiger partial charge in [0.05, 0.1) is 36.0 Å². The zero-order valence-corrected chi connectivity index (χ0v) is 27.6. The number of carboxylic acid groups (broad SMARTS) is 2. The molecule has 0 radical (unpaired) electrons. The molecule has 0 aliphatic rings. The number of sulfonamides is 2. The van der Waals surface area contributed by atoms with E-state index in [1.807, 2.05) is 0 Å². The average molecular weight is 694 g/mol. The fraction of sp³-hybridized carbons (Fsp3) is 0.333. The summed E-state index contributed by atoms with van der Waals surface area (Å²) in [7, 11) is -7.73. The van der Waals surface area contributed by atoms with Crippen molar-refractivity contribution in [3.8, 4) is 0 Å². The maximum atomic E-state index is 12.5. The van der Waals surface area contributed by atoms with Crippen LogP contribution in [-0.2, 0) is 71.8 Å². The van der Waals surface area contributed by atoms with Crippen molar-refractivity contribution in [2.45, 2.75) is 22.9 Å². The summed E-state index contributed by atoms with van der Waals surface area (Å²) in [5, 5.41) is 33.8. The van der Waals surface area contributed by atoms with Crippen molar-refractivity contribution in [1.82, 2.24) is 20.4 Å². The van der Waals surface area contributed by atoms with Crippen molar-refractivity contribution < 1.29 is 65.7 Å². The van der Waals surface area contributed by atoms with Gasteiger partial charge < -0.3 is 20.8 Å². The predicted octanol–water partition coefficient (Wildman–Crippen LogP) is -2.32. The molecule has 8 N–H and O–H groups in total. The number of hydrogen-bond donors (Lipinski definition) is 6. The van der Waals surface area contributed by atoms with E-state index in [0.717, 1.165) is 0 Å². The molecule has 0 atom stereocenters. The first-order chi connectivity index (χ1) is 19.5. The SMILES string of the molecule is NS(=O)(=O)c1ccc(CNC(=O)CN(CCN(CC(=O)O)CC(=O)NCc2ccc(S(N)(=O)=O)cc2)CC(=O)O)cc1.[Zn]. The molecule has 0 fully saturated rings. The molecule has 0 unspecified atom stereocenters. The van der Waals surface area contributed by atoms with Crippen molar-refractivity contribution in [3.63, 3.8) is 0 Å². The minimum Gasteiger partial charge on any atom is -0.480 e. The second-order valence-corrected chi connectivity index (χ2v) is 12.3. The Balaban J connectivity index is 0.00000924. The van der Waals surface area contributed by atoms with Gasteiger partial charge in [-0.05, 0) is 35.4 Å². The molecule has 0 spiro atoms. The maximum Gasteiger partial charge on any atom is 0.317 e. The standard InChI is InChI=1S/C24H32N6O10S2.Zn/c25-41(37,38)19-5-1-17(2-6-19)11-27-21(31)13-29(15-23(33)34)9-10-30(16-24(35)36)14-22(32)28-12-18-3-7-20(8-4-18)42(26,39)40;/h1-8H,9-16H2,(H,27,31)(H,28,32)(H,33,34)(H,35,36)(H2,25,37,38)(H2,26,39,40);. The van der Waals surface area contributed by atoms with E-state index in [9.17, 15) is 46.2 Å². The Hall–Kier alpha value is -3.32. The van der Waals surface area contributed by atoms with E-state index in [0.29, 0.717) is 11.1 Å². The van der Waals surface area contributed by atoms with Crippen LogP contribution in [0.15, 0.2) is 58.3 Å². The number of nitrogens with one attached hydrogen (secondary N) is 2. The first kappa shape index (κ1) is 37.7. The number of primary sulfonamides is 2. The largest absolute Gasteiger partial charge is 0.480 e. The maximum absolute atomic E-state index is 12.5. The molecule has 0 heterocycles. The van der Waals surface area contributed by atoms with Gasteiger partial charge in [0, 0.05) is 45.7 Å². The summed E-state index contributed by atoms with van der Waals surface area (Å²) in [5.41, 5.74) is 1.14. The fourth-order valence-electron chi connectivity index (χ4n) is 3.61. The second kappa shape index (κ2) is 17.1. The number of carbonyl (C=O) groups is 4.